The number of hydrogen-bond acceptors (Lipinski definition) is 4. The molecular weight excluding hydrogens is 361 g/mol. The number of carbonyl (C=O) groups is 3. The van der Waals surface area contributed by atoms with Crippen LogP contribution in [0, 0.1) is 0 Å². The Hall–Kier alpha value is -2.80. The van der Waals surface area contributed by atoms with Crippen LogP contribution in [0.15, 0.2) is 60.8 Å². The molecule has 154 valence electrons. The molecule has 1 atom stereocenters. The Balaban J connectivity index is 4.84. The van der Waals surface area contributed by atoms with Crippen LogP contribution in [0.1, 0.15) is 19.8 Å². The standard InChI is InChI=1S/C21H30FN3O3/c1-5-8-18(9-6-2)19(22)15-24(4)20(27)14-21(28)25(16-26)13-11-17(7-3)10-12-23/h5-10,16,19H,1,3,11-15,23H2,2,4H3/b9-6-,17-10+,18-8+. The van der Waals surface area contributed by atoms with Crippen molar-refractivity contribution >= 4 is 18.2 Å². The third-order valence-electron chi connectivity index (χ3n) is 3.92. The fourth-order valence-corrected chi connectivity index (χ4v) is 2.33. The van der Waals surface area contributed by atoms with Crippen LogP contribution in [0.25, 0.3) is 0 Å². The molecule has 0 aliphatic heterocycles. The third-order valence-corrected chi connectivity index (χ3v) is 3.92. The van der Waals surface area contributed by atoms with E-state index in [-0.39, 0.29) is 13.1 Å². The minimum absolute atomic E-state index is 0.108. The average Bonchev–Trinajstić information content (AvgIpc) is 2.67. The van der Waals surface area contributed by atoms with Gasteiger partial charge in [0.15, 0.2) is 0 Å². The molecule has 0 saturated heterocycles. The number of alkyl halides is 1. The molecule has 6 nitrogen and oxygen atoms in total. The van der Waals surface area contributed by atoms with Crippen molar-refractivity contribution in [2.75, 3.05) is 26.7 Å². The van der Waals surface area contributed by atoms with Gasteiger partial charge in [0, 0.05) is 20.1 Å². The normalized spacial score (nSPS) is 13.1. The van der Waals surface area contributed by atoms with Crippen LogP contribution in [0.4, 0.5) is 4.39 Å². The van der Waals surface area contributed by atoms with Gasteiger partial charge >= 0.3 is 0 Å². The molecular formula is C21H30FN3O3. The van der Waals surface area contributed by atoms with E-state index in [2.05, 4.69) is 13.2 Å². The maximum absolute atomic E-state index is 14.4. The summed E-state index contributed by atoms with van der Waals surface area (Å²) in [7, 11) is 1.41. The van der Waals surface area contributed by atoms with Crippen LogP contribution in [0.3, 0.4) is 0 Å². The van der Waals surface area contributed by atoms with Crippen LogP contribution in [0.5, 0.6) is 0 Å². The van der Waals surface area contributed by atoms with Crippen LogP contribution in [-0.2, 0) is 14.4 Å². The van der Waals surface area contributed by atoms with Gasteiger partial charge < -0.3 is 10.6 Å². The summed E-state index contributed by atoms with van der Waals surface area (Å²) >= 11 is 0. The van der Waals surface area contributed by atoms with E-state index in [0.29, 0.717) is 24.9 Å². The lowest BCUT2D eigenvalue weighted by atomic mass is 10.1. The summed E-state index contributed by atoms with van der Waals surface area (Å²) in [5, 5.41) is 0. The second kappa shape index (κ2) is 14.3. The molecule has 0 aromatic heterocycles. The van der Waals surface area contributed by atoms with Crippen LogP contribution >= 0.6 is 0 Å². The summed E-state index contributed by atoms with van der Waals surface area (Å²) in [6.07, 6.45) is 8.43. The van der Waals surface area contributed by atoms with Crippen LogP contribution < -0.4 is 5.73 Å². The molecule has 1 unspecified atom stereocenters. The van der Waals surface area contributed by atoms with Gasteiger partial charge in [-0.3, -0.25) is 19.3 Å². The lowest BCUT2D eigenvalue weighted by molar-refractivity contribution is -0.143. The van der Waals surface area contributed by atoms with Gasteiger partial charge in [0.25, 0.3) is 0 Å². The predicted octanol–water partition coefficient (Wildman–Crippen LogP) is 2.31. The maximum Gasteiger partial charge on any atom is 0.238 e. The first kappa shape index (κ1) is 25.2. The first-order valence-corrected chi connectivity index (χ1v) is 8.94. The number of halogens is 1. The van der Waals surface area contributed by atoms with E-state index < -0.39 is 24.4 Å². The molecule has 0 spiro atoms. The van der Waals surface area contributed by atoms with Crippen molar-refractivity contribution < 1.29 is 18.8 Å². The Kier molecular flexibility index (Phi) is 12.9. The zero-order chi connectivity index (χ0) is 21.5. The minimum atomic E-state index is -1.42. The fraction of sp³-hybridized carbons (Fsp3) is 0.381. The van der Waals surface area contributed by atoms with E-state index in [4.69, 9.17) is 5.73 Å². The van der Waals surface area contributed by atoms with Crippen molar-refractivity contribution in [2.45, 2.75) is 25.9 Å². The Morgan fingerprint density at radius 3 is 2.43 bits per heavy atom. The van der Waals surface area contributed by atoms with Crippen LogP contribution in [-0.4, -0.2) is 60.9 Å². The highest BCUT2D eigenvalue weighted by Gasteiger charge is 2.22. The van der Waals surface area contributed by atoms with Crippen molar-refractivity contribution in [3.05, 3.63) is 60.8 Å². The SMILES string of the molecule is C=C/C=C(\C=C/C)C(F)CN(C)C(=O)CC(=O)N(C=O)CC/C(C=C)=C/CN. The molecule has 0 saturated carbocycles. The van der Waals surface area contributed by atoms with Gasteiger partial charge in [-0.1, -0.05) is 49.6 Å². The molecule has 0 aliphatic carbocycles. The second-order valence-corrected chi connectivity index (χ2v) is 5.98. The Morgan fingerprint density at radius 2 is 1.93 bits per heavy atom. The zero-order valence-electron chi connectivity index (χ0n) is 16.6. The molecule has 0 bridgehead atoms. The van der Waals surface area contributed by atoms with Gasteiger partial charge in [-0.05, 0) is 24.5 Å². The quantitative estimate of drug-likeness (QED) is 0.297. The molecule has 0 rings (SSSR count). The summed E-state index contributed by atoms with van der Waals surface area (Å²) in [5.41, 5.74) is 6.61. The van der Waals surface area contributed by atoms with Crippen molar-refractivity contribution in [1.82, 2.24) is 9.80 Å². The number of nitrogens with zero attached hydrogens (tertiary/aromatic N) is 2. The van der Waals surface area contributed by atoms with Gasteiger partial charge in [-0.25, -0.2) is 4.39 Å². The van der Waals surface area contributed by atoms with Crippen molar-refractivity contribution in [1.29, 1.82) is 0 Å². The lowest BCUT2D eigenvalue weighted by Crippen LogP contribution is -2.38. The number of rotatable bonds is 13. The van der Waals surface area contributed by atoms with Crippen molar-refractivity contribution in [2.24, 2.45) is 5.73 Å². The summed E-state index contributed by atoms with van der Waals surface area (Å²) < 4.78 is 14.4. The molecule has 0 aromatic rings. The van der Waals surface area contributed by atoms with E-state index in [0.717, 1.165) is 15.4 Å². The lowest BCUT2D eigenvalue weighted by Gasteiger charge is -2.22. The van der Waals surface area contributed by atoms with Crippen molar-refractivity contribution in [3.8, 4) is 0 Å². The molecule has 0 aromatic carbocycles. The topological polar surface area (TPSA) is 83.7 Å². The third kappa shape index (κ3) is 9.23. The van der Waals surface area contributed by atoms with E-state index >= 15 is 0 Å². The van der Waals surface area contributed by atoms with Crippen molar-refractivity contribution in [3.63, 3.8) is 0 Å². The first-order valence-electron chi connectivity index (χ1n) is 8.94. The monoisotopic (exact) mass is 391 g/mol. The van der Waals surface area contributed by atoms with Gasteiger partial charge in [0.1, 0.15) is 12.6 Å². The molecule has 2 N–H and O–H groups in total. The predicted molar refractivity (Wildman–Crippen MR) is 110 cm³/mol. The Morgan fingerprint density at radius 1 is 1.25 bits per heavy atom. The smallest absolute Gasteiger partial charge is 0.238 e. The number of carbonyl (C=O) groups excluding carboxylic acids is 3. The minimum Gasteiger partial charge on any atom is -0.342 e. The Labute approximate surface area is 166 Å². The average molecular weight is 391 g/mol. The number of nitrogens with two attached hydrogens (primary N) is 1. The number of amides is 3. The Bertz CT molecular complexity index is 653. The van der Waals surface area contributed by atoms with Gasteiger partial charge in [-0.2, -0.15) is 0 Å². The largest absolute Gasteiger partial charge is 0.342 e. The molecule has 0 radical (unpaired) electrons. The first-order chi connectivity index (χ1) is 13.3. The molecule has 0 aliphatic rings. The number of hydrogen-bond donors (Lipinski definition) is 1. The summed E-state index contributed by atoms with van der Waals surface area (Å²) in [6.45, 7) is 9.15. The van der Waals surface area contributed by atoms with E-state index in [1.54, 1.807) is 31.2 Å². The zero-order valence-corrected chi connectivity index (χ0v) is 16.6. The van der Waals surface area contributed by atoms with E-state index in [1.807, 2.05) is 0 Å². The fourth-order valence-electron chi connectivity index (χ4n) is 2.33. The molecule has 0 fully saturated rings. The molecule has 0 heterocycles. The number of allylic oxidation sites excluding steroid dienone is 5. The summed E-state index contributed by atoms with van der Waals surface area (Å²) in [5.74, 6) is -1.21. The summed E-state index contributed by atoms with van der Waals surface area (Å²) in [4.78, 5) is 37.7. The van der Waals surface area contributed by atoms with Crippen LogP contribution in [0.2, 0.25) is 0 Å². The summed E-state index contributed by atoms with van der Waals surface area (Å²) in [6, 6.07) is 0. The van der Waals surface area contributed by atoms with Gasteiger partial charge in [0.05, 0.1) is 6.54 Å². The highest BCUT2D eigenvalue weighted by molar-refractivity contribution is 6.00. The molecule has 28 heavy (non-hydrogen) atoms. The molecule has 7 heteroatoms. The van der Waals surface area contributed by atoms with Gasteiger partial charge in [0.2, 0.25) is 18.2 Å². The van der Waals surface area contributed by atoms with E-state index in [1.165, 1.54) is 19.2 Å². The second-order valence-electron chi connectivity index (χ2n) is 5.98. The van der Waals surface area contributed by atoms with E-state index in [9.17, 15) is 18.8 Å². The highest BCUT2D eigenvalue weighted by Crippen LogP contribution is 2.12. The highest BCUT2D eigenvalue weighted by atomic mass is 19.1. The maximum atomic E-state index is 14.4. The number of imide groups is 1. The van der Waals surface area contributed by atoms with Gasteiger partial charge in [-0.15, -0.1) is 0 Å². The molecule has 3 amide bonds.